The summed E-state index contributed by atoms with van der Waals surface area (Å²) in [5.74, 6) is 0. The SMILES string of the molecule is CC(c1ccc(C(F)(F)F)nc1)=S(C)(=O)Nc1nc(-c2ccccc2)c(C)s1. The zero-order valence-electron chi connectivity index (χ0n) is 15.4. The second-order valence-corrected chi connectivity index (χ2v) is 9.93. The Labute approximate surface area is 165 Å². The van der Waals surface area contributed by atoms with Gasteiger partial charge in [-0.1, -0.05) is 36.4 Å². The molecular formula is C19H18F3N3OS2. The van der Waals surface area contributed by atoms with E-state index in [1.54, 1.807) is 6.92 Å². The van der Waals surface area contributed by atoms with Gasteiger partial charge in [-0.25, -0.2) is 9.19 Å². The highest BCUT2D eigenvalue weighted by molar-refractivity contribution is 8.03. The maximum Gasteiger partial charge on any atom is 0.433 e. The Morgan fingerprint density at radius 2 is 1.82 bits per heavy atom. The normalized spacial score (nSPS) is 13.8. The molecule has 1 atom stereocenters. The average molecular weight is 426 g/mol. The molecule has 2 aromatic heterocycles. The molecule has 9 heteroatoms. The Hall–Kier alpha value is -2.39. The fourth-order valence-electron chi connectivity index (χ4n) is 2.54. The van der Waals surface area contributed by atoms with Crippen LogP contribution in [0.2, 0.25) is 0 Å². The fourth-order valence-corrected chi connectivity index (χ4v) is 4.98. The van der Waals surface area contributed by atoms with Gasteiger partial charge in [0, 0.05) is 33.3 Å². The number of nitrogens with one attached hydrogen (secondary N) is 1. The number of aromatic nitrogens is 2. The highest BCUT2D eigenvalue weighted by atomic mass is 32.2. The second kappa shape index (κ2) is 7.56. The number of pyridine rings is 1. The van der Waals surface area contributed by atoms with Gasteiger partial charge >= 0.3 is 6.18 Å². The number of benzene rings is 1. The van der Waals surface area contributed by atoms with Crippen molar-refractivity contribution < 1.29 is 17.4 Å². The van der Waals surface area contributed by atoms with Crippen molar-refractivity contribution in [3.63, 3.8) is 0 Å². The van der Waals surface area contributed by atoms with E-state index in [2.05, 4.69) is 14.7 Å². The molecule has 0 saturated heterocycles. The van der Waals surface area contributed by atoms with E-state index in [4.69, 9.17) is 0 Å². The molecule has 148 valence electrons. The Balaban J connectivity index is 1.92. The molecule has 0 radical (unpaired) electrons. The number of hydrogen-bond donors (Lipinski definition) is 1. The van der Waals surface area contributed by atoms with Crippen LogP contribution in [0.4, 0.5) is 18.3 Å². The number of hydrogen-bond acceptors (Lipinski definition) is 4. The summed E-state index contributed by atoms with van der Waals surface area (Å²) in [5.41, 5.74) is 1.16. The van der Waals surface area contributed by atoms with E-state index in [0.29, 0.717) is 15.6 Å². The van der Waals surface area contributed by atoms with E-state index >= 15 is 0 Å². The number of aryl methyl sites for hydroxylation is 1. The second-order valence-electron chi connectivity index (χ2n) is 6.22. The van der Waals surface area contributed by atoms with Crippen molar-refractivity contribution in [3.05, 3.63) is 64.8 Å². The maximum absolute atomic E-state index is 13.2. The van der Waals surface area contributed by atoms with Crippen molar-refractivity contribution in [2.24, 2.45) is 0 Å². The lowest BCUT2D eigenvalue weighted by Gasteiger charge is -2.12. The monoisotopic (exact) mass is 425 g/mol. The lowest BCUT2D eigenvalue weighted by atomic mass is 10.1. The van der Waals surface area contributed by atoms with Gasteiger partial charge in [0.1, 0.15) is 5.69 Å². The van der Waals surface area contributed by atoms with Gasteiger partial charge in [-0.2, -0.15) is 13.2 Å². The van der Waals surface area contributed by atoms with Gasteiger partial charge in [0.05, 0.1) is 15.4 Å². The summed E-state index contributed by atoms with van der Waals surface area (Å²) in [6.07, 6.45) is -1.92. The van der Waals surface area contributed by atoms with Crippen LogP contribution in [0.3, 0.4) is 0 Å². The topological polar surface area (TPSA) is 54.9 Å². The highest BCUT2D eigenvalue weighted by Crippen LogP contribution is 2.31. The summed E-state index contributed by atoms with van der Waals surface area (Å²) in [4.78, 5) is 9.35. The summed E-state index contributed by atoms with van der Waals surface area (Å²) >= 11 is 1.38. The third-order valence-corrected chi connectivity index (χ3v) is 7.17. The maximum atomic E-state index is 13.2. The minimum atomic E-state index is -4.51. The lowest BCUT2D eigenvalue weighted by Crippen LogP contribution is -2.20. The molecule has 0 amide bonds. The highest BCUT2D eigenvalue weighted by Gasteiger charge is 2.32. The van der Waals surface area contributed by atoms with Crippen LogP contribution in [0.15, 0.2) is 48.7 Å². The predicted molar refractivity (Wildman–Crippen MR) is 109 cm³/mol. The number of rotatable bonds is 4. The molecule has 3 rings (SSSR count). The molecular weight excluding hydrogens is 407 g/mol. The first-order chi connectivity index (χ1) is 13.1. The molecule has 4 nitrogen and oxygen atoms in total. The van der Waals surface area contributed by atoms with Gasteiger partial charge in [0.25, 0.3) is 0 Å². The molecule has 1 N–H and O–H groups in total. The van der Waals surface area contributed by atoms with Crippen LogP contribution in [-0.2, 0) is 15.9 Å². The Bertz CT molecular complexity index is 1100. The summed E-state index contributed by atoms with van der Waals surface area (Å²) in [7, 11) is -2.76. The van der Waals surface area contributed by atoms with Gasteiger partial charge < -0.3 is 0 Å². The summed E-state index contributed by atoms with van der Waals surface area (Å²) in [6, 6.07) is 11.8. The zero-order chi connectivity index (χ0) is 20.5. The number of thiazole rings is 1. The van der Waals surface area contributed by atoms with Crippen molar-refractivity contribution in [2.75, 3.05) is 11.0 Å². The molecule has 0 aliphatic carbocycles. The average Bonchev–Trinajstić information content (AvgIpc) is 3.00. The van der Waals surface area contributed by atoms with Crippen LogP contribution in [-0.4, -0.2) is 25.3 Å². The first-order valence-corrected chi connectivity index (χ1v) is 11.0. The minimum absolute atomic E-state index is 0.379. The van der Waals surface area contributed by atoms with Gasteiger partial charge in [0.15, 0.2) is 5.13 Å². The fraction of sp³-hybridized carbons (Fsp3) is 0.211. The smallest absolute Gasteiger partial charge is 0.288 e. The largest absolute Gasteiger partial charge is 0.433 e. The standard InChI is InChI=1S/C19H18F3N3OS2/c1-12-17(14-7-5-4-6-8-14)24-18(27-12)25-28(3,26)13(2)15-9-10-16(23-11-15)19(20,21)22/h4-11H,1-3H3,(H,24,25,26). The van der Waals surface area contributed by atoms with Crippen LogP contribution in [0.25, 0.3) is 11.3 Å². The van der Waals surface area contributed by atoms with Gasteiger partial charge in [0.2, 0.25) is 0 Å². The molecule has 3 aromatic rings. The van der Waals surface area contributed by atoms with Gasteiger partial charge in [-0.05, 0) is 19.9 Å². The molecule has 0 aliphatic rings. The number of nitrogens with zero attached hydrogens (tertiary/aromatic N) is 2. The van der Waals surface area contributed by atoms with Crippen molar-refractivity contribution in [1.82, 2.24) is 9.97 Å². The number of alkyl halides is 3. The lowest BCUT2D eigenvalue weighted by molar-refractivity contribution is -0.141. The van der Waals surface area contributed by atoms with Gasteiger partial charge in [-0.3, -0.25) is 9.71 Å². The van der Waals surface area contributed by atoms with E-state index in [9.17, 15) is 17.4 Å². The molecule has 0 fully saturated rings. The molecule has 0 saturated carbocycles. The summed E-state index contributed by atoms with van der Waals surface area (Å²) in [6.45, 7) is 3.54. The first kappa shape index (κ1) is 20.3. The molecule has 1 aromatic carbocycles. The predicted octanol–water partition coefficient (Wildman–Crippen LogP) is 5.01. The van der Waals surface area contributed by atoms with Crippen LogP contribution in [0.5, 0.6) is 0 Å². The molecule has 0 bridgehead atoms. The van der Waals surface area contributed by atoms with E-state index in [-0.39, 0.29) is 0 Å². The molecule has 28 heavy (non-hydrogen) atoms. The van der Waals surface area contributed by atoms with Crippen molar-refractivity contribution >= 4 is 31.0 Å². The van der Waals surface area contributed by atoms with Gasteiger partial charge in [-0.15, -0.1) is 11.3 Å². The minimum Gasteiger partial charge on any atom is -0.288 e. The Kier molecular flexibility index (Phi) is 5.49. The first-order valence-electron chi connectivity index (χ1n) is 8.25. The third-order valence-electron chi connectivity index (χ3n) is 4.17. The Morgan fingerprint density at radius 1 is 1.14 bits per heavy atom. The zero-order valence-corrected chi connectivity index (χ0v) is 17.0. The van der Waals surface area contributed by atoms with E-state index in [0.717, 1.165) is 28.4 Å². The number of halogens is 3. The summed E-state index contributed by atoms with van der Waals surface area (Å²) < 4.78 is 54.1. The number of anilines is 1. The van der Waals surface area contributed by atoms with E-state index in [1.807, 2.05) is 37.3 Å². The molecule has 1 unspecified atom stereocenters. The van der Waals surface area contributed by atoms with Crippen molar-refractivity contribution in [3.8, 4) is 11.3 Å². The summed E-state index contributed by atoms with van der Waals surface area (Å²) in [5, 5.41) is 0.489. The molecule has 0 spiro atoms. The van der Waals surface area contributed by atoms with Crippen LogP contribution >= 0.6 is 11.3 Å². The quantitative estimate of drug-likeness (QED) is 0.472. The van der Waals surface area contributed by atoms with Crippen molar-refractivity contribution in [1.29, 1.82) is 0 Å². The van der Waals surface area contributed by atoms with Crippen LogP contribution in [0.1, 0.15) is 23.1 Å². The molecule has 0 aliphatic heterocycles. The van der Waals surface area contributed by atoms with E-state index < -0.39 is 21.6 Å². The Morgan fingerprint density at radius 3 is 2.39 bits per heavy atom. The third kappa shape index (κ3) is 4.36. The van der Waals surface area contributed by atoms with Crippen LogP contribution in [0, 0.1) is 6.92 Å². The van der Waals surface area contributed by atoms with E-state index in [1.165, 1.54) is 23.7 Å². The van der Waals surface area contributed by atoms with Crippen molar-refractivity contribution in [2.45, 2.75) is 20.0 Å². The molecule has 2 heterocycles. The van der Waals surface area contributed by atoms with Crippen LogP contribution < -0.4 is 4.72 Å².